The fourth-order valence-corrected chi connectivity index (χ4v) is 14.5. The molecule has 6 aliphatic carbocycles. The summed E-state index contributed by atoms with van der Waals surface area (Å²) in [5, 5.41) is 76.5. The molecular formula is C75H68F3IN6O6. The minimum Gasteiger partial charge on any atom is -0.508 e. The van der Waals surface area contributed by atoms with Crippen LogP contribution in [0.25, 0.3) is 35.3 Å². The van der Waals surface area contributed by atoms with Crippen LogP contribution in [0.3, 0.4) is 0 Å². The number of hydrogen-bond acceptors (Lipinski definition) is 9. The molecule has 3 fully saturated rings. The summed E-state index contributed by atoms with van der Waals surface area (Å²) in [5.74, 6) is 8.58. The molecule has 0 bridgehead atoms. The third-order valence-electron chi connectivity index (χ3n) is 19.9. The van der Waals surface area contributed by atoms with Crippen LogP contribution in [-0.4, -0.2) is 76.8 Å². The van der Waals surface area contributed by atoms with Crippen LogP contribution in [0.15, 0.2) is 181 Å². The van der Waals surface area contributed by atoms with Crippen molar-refractivity contribution >= 4 is 40.8 Å². The summed E-state index contributed by atoms with van der Waals surface area (Å²) in [6, 6.07) is 40.3. The van der Waals surface area contributed by atoms with Crippen LogP contribution < -0.4 is 0 Å². The summed E-state index contributed by atoms with van der Waals surface area (Å²) in [4.78, 5) is 0. The zero-order valence-corrected chi connectivity index (χ0v) is 52.7. The molecule has 6 atom stereocenters. The SMILES string of the molecule is C#C[C@]1(O)CCC2=Cc3c(cnn3-c3ccc(F)cc3)C[C@@]21C.C[C@]12Cc3cnn(-c4ccc(F)cc4)c3C=C1CC[C@@]2(O)C#Cc1ccccc1O.C[C@]12Cc3cnn(-c4ccc(F)cc4)c3C=C1CC[C@@]2(O)CCc1ccccc1O.Oc1ccccc1I. The second-order valence-electron chi connectivity index (χ2n) is 25.1. The van der Waals surface area contributed by atoms with Crippen LogP contribution in [0.1, 0.15) is 111 Å². The molecule has 0 radical (unpaired) electrons. The van der Waals surface area contributed by atoms with Gasteiger partial charge >= 0.3 is 0 Å². The van der Waals surface area contributed by atoms with E-state index < -0.39 is 27.6 Å². The van der Waals surface area contributed by atoms with Crippen LogP contribution in [0.4, 0.5) is 13.2 Å². The first-order valence-corrected chi connectivity index (χ1v) is 31.4. The van der Waals surface area contributed by atoms with Gasteiger partial charge in [-0.3, -0.25) is 0 Å². The first kappa shape index (κ1) is 62.3. The first-order valence-electron chi connectivity index (χ1n) is 30.3. The van der Waals surface area contributed by atoms with Gasteiger partial charge in [-0.25, -0.2) is 27.2 Å². The highest BCUT2D eigenvalue weighted by atomic mass is 127. The van der Waals surface area contributed by atoms with Crippen molar-refractivity contribution in [3.8, 4) is 58.5 Å². The molecule has 0 aliphatic heterocycles. The molecule has 16 heteroatoms. The van der Waals surface area contributed by atoms with Crippen molar-refractivity contribution in [1.29, 1.82) is 0 Å². The fraction of sp³-hybridized carbons (Fsp3) is 0.267. The number of phenols is 3. The summed E-state index contributed by atoms with van der Waals surface area (Å²) < 4.78 is 46.1. The number of terminal acetylenes is 1. The summed E-state index contributed by atoms with van der Waals surface area (Å²) >= 11 is 2.07. The monoisotopic (exact) mass is 1330 g/mol. The van der Waals surface area contributed by atoms with Gasteiger partial charge in [-0.05, 0) is 237 Å². The van der Waals surface area contributed by atoms with Gasteiger partial charge in [-0.2, -0.15) is 15.3 Å². The number of nitrogens with zero attached hydrogens (tertiary/aromatic N) is 6. The molecule has 3 aromatic heterocycles. The van der Waals surface area contributed by atoms with Crippen molar-refractivity contribution in [2.24, 2.45) is 16.2 Å². The molecule has 6 aliphatic rings. The van der Waals surface area contributed by atoms with E-state index in [0.717, 1.165) is 90.4 Å². The van der Waals surface area contributed by atoms with E-state index in [1.165, 1.54) is 42.0 Å². The third-order valence-corrected chi connectivity index (χ3v) is 20.8. The quantitative estimate of drug-likeness (QED) is 0.0699. The predicted molar refractivity (Wildman–Crippen MR) is 354 cm³/mol. The highest BCUT2D eigenvalue weighted by Gasteiger charge is 2.57. The van der Waals surface area contributed by atoms with Gasteiger partial charge in [-0.1, -0.05) is 97.7 Å². The predicted octanol–water partition coefficient (Wildman–Crippen LogP) is 14.2. The summed E-state index contributed by atoms with van der Waals surface area (Å²) in [6.45, 7) is 6.22. The Labute approximate surface area is 540 Å². The molecule has 3 saturated carbocycles. The van der Waals surface area contributed by atoms with Crippen molar-refractivity contribution in [1.82, 2.24) is 29.3 Å². The second kappa shape index (κ2) is 24.4. The Hall–Kier alpha value is -8.91. The standard InChI is InChI=1S/C25H25FN2O2.C25H21FN2O2.C19H17FN2O.C6H5IO/c2*1-24-15-18-16-27-28(21-8-6-20(26)7-9-21)22(18)14-19(24)11-13-25(24,30)12-10-17-4-2-3-5-23(17)29;1-3-19(23)9-8-14-10-17-13(11-18(14,19)2)12-21-22(17)16-6-4-15(20)5-7-16;7-5-3-1-2-4-6(5)8/h2-9,14,16,29-30H,10-13,15H2,1H3;2-9,14,16,29-30H,11,13,15H2,1H3;1,4-7,10,12,23H,8-9,11H2,2H3;1-4,8H/t2*24-,25-;18-,19-;/m000./s1. The molecule has 91 heavy (non-hydrogen) atoms. The molecule has 0 unspecified atom stereocenters. The number of halogens is 4. The number of benzene rings is 6. The summed E-state index contributed by atoms with van der Waals surface area (Å²) in [5.41, 5.74) is 9.01. The number of aryl methyl sites for hydroxylation is 1. The number of hydrogen-bond donors (Lipinski definition) is 6. The summed E-state index contributed by atoms with van der Waals surface area (Å²) in [6.07, 6.45) is 24.8. The van der Waals surface area contributed by atoms with Crippen molar-refractivity contribution < 1.29 is 43.8 Å². The number of para-hydroxylation sites is 3. The Morgan fingerprint density at radius 3 is 1.33 bits per heavy atom. The van der Waals surface area contributed by atoms with E-state index in [2.05, 4.69) is 80.8 Å². The molecule has 0 amide bonds. The van der Waals surface area contributed by atoms with Crippen LogP contribution in [-0.2, 0) is 25.7 Å². The number of aromatic hydroxyl groups is 3. The summed E-state index contributed by atoms with van der Waals surface area (Å²) in [7, 11) is 0. The largest absolute Gasteiger partial charge is 0.508 e. The van der Waals surface area contributed by atoms with Crippen LogP contribution in [0.5, 0.6) is 17.2 Å². The van der Waals surface area contributed by atoms with Gasteiger partial charge < -0.3 is 30.6 Å². The highest BCUT2D eigenvalue weighted by Crippen LogP contribution is 2.59. The lowest BCUT2D eigenvalue weighted by molar-refractivity contribution is -0.0462. The maximum Gasteiger partial charge on any atom is 0.135 e. The molecule has 462 valence electrons. The average molecular weight is 1330 g/mol. The van der Waals surface area contributed by atoms with E-state index in [1.807, 2.05) is 82.9 Å². The number of aromatic nitrogens is 6. The van der Waals surface area contributed by atoms with Crippen molar-refractivity contribution in [3.63, 3.8) is 0 Å². The Morgan fingerprint density at radius 1 is 0.495 bits per heavy atom. The molecular weight excluding hydrogens is 1260 g/mol. The Bertz CT molecular complexity index is 4430. The van der Waals surface area contributed by atoms with Gasteiger partial charge in [-0.15, -0.1) is 6.42 Å². The molecule has 0 spiro atoms. The first-order chi connectivity index (χ1) is 43.6. The third kappa shape index (κ3) is 11.5. The molecule has 6 N–H and O–H groups in total. The van der Waals surface area contributed by atoms with Gasteiger partial charge in [0.15, 0.2) is 0 Å². The molecule has 0 saturated heterocycles. The van der Waals surface area contributed by atoms with Gasteiger partial charge in [0.05, 0.1) is 67.5 Å². The van der Waals surface area contributed by atoms with Crippen LogP contribution in [0.2, 0.25) is 0 Å². The van der Waals surface area contributed by atoms with Crippen molar-refractivity contribution in [3.05, 3.63) is 247 Å². The lowest BCUT2D eigenvalue weighted by Gasteiger charge is -2.42. The molecule has 15 rings (SSSR count). The number of aliphatic hydroxyl groups is 3. The van der Waals surface area contributed by atoms with Crippen molar-refractivity contribution in [2.75, 3.05) is 0 Å². The smallest absolute Gasteiger partial charge is 0.135 e. The highest BCUT2D eigenvalue weighted by molar-refractivity contribution is 14.1. The molecule has 6 aromatic carbocycles. The average Bonchev–Trinajstić information content (AvgIpc) is 1.61. The maximum absolute atomic E-state index is 13.3. The minimum absolute atomic E-state index is 0.110. The maximum atomic E-state index is 13.3. The van der Waals surface area contributed by atoms with E-state index in [0.29, 0.717) is 62.7 Å². The van der Waals surface area contributed by atoms with E-state index in [1.54, 1.807) is 72.8 Å². The van der Waals surface area contributed by atoms with Crippen LogP contribution >= 0.6 is 22.6 Å². The molecule has 3 heterocycles. The zero-order chi connectivity index (χ0) is 64.1. The van der Waals surface area contributed by atoms with E-state index in [9.17, 15) is 38.7 Å². The lowest BCUT2D eigenvalue weighted by Crippen LogP contribution is -2.45. The minimum atomic E-state index is -1.20. The Balaban J connectivity index is 0.000000125. The normalized spacial score (nSPS) is 24.3. The Kier molecular flexibility index (Phi) is 16.7. The molecule has 9 aromatic rings. The van der Waals surface area contributed by atoms with Gasteiger partial charge in [0.1, 0.15) is 45.9 Å². The number of phenolic OH excluding ortho intramolecular Hbond substituents is 3. The zero-order valence-electron chi connectivity index (χ0n) is 50.6. The molecule has 12 nitrogen and oxygen atoms in total. The second-order valence-corrected chi connectivity index (χ2v) is 26.3. The fourth-order valence-electron chi connectivity index (χ4n) is 14.1. The van der Waals surface area contributed by atoms with Crippen molar-refractivity contribution in [2.45, 2.75) is 108 Å². The van der Waals surface area contributed by atoms with E-state index >= 15 is 0 Å². The van der Waals surface area contributed by atoms with E-state index in [-0.39, 0.29) is 34.4 Å². The lowest BCUT2D eigenvalue weighted by atomic mass is 9.65. The van der Waals surface area contributed by atoms with E-state index in [4.69, 9.17) is 11.5 Å². The van der Waals surface area contributed by atoms with Gasteiger partial charge in [0.25, 0.3) is 0 Å². The number of rotatable bonds is 6. The topological polar surface area (TPSA) is 175 Å². The number of fused-ring (bicyclic) bond motifs is 6. The van der Waals surface area contributed by atoms with Gasteiger partial charge in [0, 0.05) is 16.2 Å². The Morgan fingerprint density at radius 2 is 0.890 bits per heavy atom. The van der Waals surface area contributed by atoms with Crippen LogP contribution in [0, 0.1) is 61.5 Å². The van der Waals surface area contributed by atoms with Gasteiger partial charge in [0.2, 0.25) is 0 Å².